The van der Waals surface area contributed by atoms with Gasteiger partial charge in [-0.1, -0.05) is 51.9 Å². The molecule has 1 aliphatic rings. The molecule has 1 aliphatic heterocycles. The van der Waals surface area contributed by atoms with Crippen molar-refractivity contribution in [3.8, 4) is 0 Å². The molecule has 0 radical (unpaired) electrons. The third-order valence-electron chi connectivity index (χ3n) is 4.42. The summed E-state index contributed by atoms with van der Waals surface area (Å²) in [5.74, 6) is -0.246. The zero-order chi connectivity index (χ0) is 15.5. The molecule has 1 heterocycles. The minimum absolute atomic E-state index is 0.165. The number of unbranched alkanes of at least 4 members (excludes halogenated alkanes) is 7. The summed E-state index contributed by atoms with van der Waals surface area (Å²) in [5, 5.41) is 2.76. The van der Waals surface area contributed by atoms with Crippen molar-refractivity contribution in [2.75, 3.05) is 6.54 Å². The van der Waals surface area contributed by atoms with Crippen molar-refractivity contribution in [1.29, 1.82) is 0 Å². The first-order chi connectivity index (χ1) is 10.2. The van der Waals surface area contributed by atoms with E-state index in [-0.39, 0.29) is 17.6 Å². The Bertz CT molecular complexity index is 318. The molecule has 0 bridgehead atoms. The number of amides is 1. The maximum Gasteiger partial charge on any atom is 0.237 e. The number of rotatable bonds is 10. The van der Waals surface area contributed by atoms with E-state index in [2.05, 4.69) is 12.2 Å². The molecule has 0 aliphatic carbocycles. The first-order valence-corrected chi connectivity index (χ1v) is 8.72. The average molecular weight is 296 g/mol. The van der Waals surface area contributed by atoms with Crippen molar-refractivity contribution < 1.29 is 9.59 Å². The molecule has 122 valence electrons. The summed E-state index contributed by atoms with van der Waals surface area (Å²) in [7, 11) is 0. The van der Waals surface area contributed by atoms with Crippen molar-refractivity contribution in [3.05, 3.63) is 0 Å². The van der Waals surface area contributed by atoms with Crippen molar-refractivity contribution in [3.63, 3.8) is 0 Å². The average Bonchev–Trinajstić information content (AvgIpc) is 2.64. The number of nitrogens with two attached hydrogens (primary N) is 1. The van der Waals surface area contributed by atoms with Gasteiger partial charge in [-0.05, 0) is 19.3 Å². The summed E-state index contributed by atoms with van der Waals surface area (Å²) in [6, 6.07) is -0.644. The normalized spacial score (nSPS) is 22.7. The Balaban J connectivity index is 2.13. The molecule has 0 spiro atoms. The SMILES string of the molecule is CCCCCCCCCCC(=O)C1CCCNC(=O)C1N. The molecule has 1 amide bonds. The zero-order valence-corrected chi connectivity index (χ0v) is 13.5. The topological polar surface area (TPSA) is 72.2 Å². The van der Waals surface area contributed by atoms with Crippen LogP contribution in [0.25, 0.3) is 0 Å². The second-order valence-corrected chi connectivity index (χ2v) is 6.26. The summed E-state index contributed by atoms with van der Waals surface area (Å²) in [5.41, 5.74) is 5.89. The molecule has 0 aromatic carbocycles. The van der Waals surface area contributed by atoms with Gasteiger partial charge in [-0.2, -0.15) is 0 Å². The van der Waals surface area contributed by atoms with E-state index in [0.717, 1.165) is 25.7 Å². The summed E-state index contributed by atoms with van der Waals surface area (Å²) in [6.07, 6.45) is 12.0. The van der Waals surface area contributed by atoms with Gasteiger partial charge in [0.2, 0.25) is 5.91 Å². The Morgan fingerprint density at radius 3 is 2.43 bits per heavy atom. The van der Waals surface area contributed by atoms with Crippen molar-refractivity contribution in [2.45, 2.75) is 83.6 Å². The van der Waals surface area contributed by atoms with Crippen LogP contribution in [0.15, 0.2) is 0 Å². The lowest BCUT2D eigenvalue weighted by atomic mass is 9.89. The van der Waals surface area contributed by atoms with Crippen LogP contribution < -0.4 is 11.1 Å². The fourth-order valence-corrected chi connectivity index (χ4v) is 2.99. The predicted molar refractivity (Wildman–Crippen MR) is 85.9 cm³/mol. The molecule has 0 aromatic heterocycles. The summed E-state index contributed by atoms with van der Waals surface area (Å²) in [4.78, 5) is 23.9. The number of hydrogen-bond acceptors (Lipinski definition) is 3. The second kappa shape index (κ2) is 10.8. The second-order valence-electron chi connectivity index (χ2n) is 6.26. The van der Waals surface area contributed by atoms with Gasteiger partial charge < -0.3 is 11.1 Å². The molecule has 1 fully saturated rings. The quantitative estimate of drug-likeness (QED) is 0.609. The number of Topliss-reactive ketones (excluding diaryl/α,β-unsaturated/α-hetero) is 1. The monoisotopic (exact) mass is 296 g/mol. The lowest BCUT2D eigenvalue weighted by molar-refractivity contribution is -0.129. The number of carbonyl (C=O) groups excluding carboxylic acids is 2. The first kappa shape index (κ1) is 18.1. The van der Waals surface area contributed by atoms with Crippen LogP contribution in [0.2, 0.25) is 0 Å². The molecule has 2 atom stereocenters. The smallest absolute Gasteiger partial charge is 0.237 e. The lowest BCUT2D eigenvalue weighted by Crippen LogP contribution is -2.45. The molecular weight excluding hydrogens is 264 g/mol. The van der Waals surface area contributed by atoms with Crippen LogP contribution in [-0.4, -0.2) is 24.3 Å². The Morgan fingerprint density at radius 2 is 1.76 bits per heavy atom. The molecule has 21 heavy (non-hydrogen) atoms. The third kappa shape index (κ3) is 7.07. The van der Waals surface area contributed by atoms with Gasteiger partial charge in [-0.15, -0.1) is 0 Å². The molecule has 0 aromatic rings. The van der Waals surface area contributed by atoms with Crippen LogP contribution in [0.4, 0.5) is 0 Å². The summed E-state index contributed by atoms with van der Waals surface area (Å²) < 4.78 is 0. The highest BCUT2D eigenvalue weighted by Crippen LogP contribution is 2.18. The standard InChI is InChI=1S/C17H32N2O2/c1-2-3-4-5-6-7-8-9-12-15(20)14-11-10-13-19-17(21)16(14)18/h14,16H,2-13,18H2,1H3,(H,19,21). The number of nitrogens with one attached hydrogen (secondary N) is 1. The van der Waals surface area contributed by atoms with Crippen molar-refractivity contribution >= 4 is 11.7 Å². The van der Waals surface area contributed by atoms with Crippen molar-refractivity contribution in [2.24, 2.45) is 11.7 Å². The highest BCUT2D eigenvalue weighted by molar-refractivity contribution is 5.91. The van der Waals surface area contributed by atoms with E-state index < -0.39 is 6.04 Å². The molecular formula is C17H32N2O2. The van der Waals surface area contributed by atoms with E-state index in [0.29, 0.717) is 13.0 Å². The molecule has 1 rings (SSSR count). The van der Waals surface area contributed by atoms with Crippen LogP contribution in [-0.2, 0) is 9.59 Å². The van der Waals surface area contributed by atoms with Gasteiger partial charge in [0.1, 0.15) is 5.78 Å². The van der Waals surface area contributed by atoms with E-state index in [4.69, 9.17) is 5.73 Å². The number of hydrogen-bond donors (Lipinski definition) is 2. The van der Waals surface area contributed by atoms with E-state index in [1.54, 1.807) is 0 Å². The van der Waals surface area contributed by atoms with Crippen LogP contribution in [0.1, 0.15) is 77.6 Å². The largest absolute Gasteiger partial charge is 0.355 e. The van der Waals surface area contributed by atoms with Crippen molar-refractivity contribution in [1.82, 2.24) is 5.32 Å². The predicted octanol–water partition coefficient (Wildman–Crippen LogP) is 2.94. The minimum atomic E-state index is -0.644. The molecule has 4 nitrogen and oxygen atoms in total. The van der Waals surface area contributed by atoms with E-state index in [1.807, 2.05) is 0 Å². The fourth-order valence-electron chi connectivity index (χ4n) is 2.99. The fraction of sp³-hybridized carbons (Fsp3) is 0.882. The molecule has 2 unspecified atom stereocenters. The van der Waals surface area contributed by atoms with Gasteiger partial charge in [0.15, 0.2) is 0 Å². The van der Waals surface area contributed by atoms with E-state index >= 15 is 0 Å². The Hall–Kier alpha value is -0.900. The van der Waals surface area contributed by atoms with Crippen LogP contribution in [0.3, 0.4) is 0 Å². The molecule has 4 heteroatoms. The zero-order valence-electron chi connectivity index (χ0n) is 13.5. The molecule has 1 saturated heterocycles. The van der Waals surface area contributed by atoms with Crippen LogP contribution in [0, 0.1) is 5.92 Å². The van der Waals surface area contributed by atoms with E-state index in [1.165, 1.54) is 38.5 Å². The third-order valence-corrected chi connectivity index (χ3v) is 4.42. The molecule has 3 N–H and O–H groups in total. The summed E-state index contributed by atoms with van der Waals surface area (Å²) >= 11 is 0. The highest BCUT2D eigenvalue weighted by atomic mass is 16.2. The highest BCUT2D eigenvalue weighted by Gasteiger charge is 2.31. The van der Waals surface area contributed by atoms with Crippen LogP contribution >= 0.6 is 0 Å². The number of ketones is 1. The molecule has 0 saturated carbocycles. The van der Waals surface area contributed by atoms with Gasteiger partial charge in [-0.3, -0.25) is 9.59 Å². The minimum Gasteiger partial charge on any atom is -0.355 e. The maximum absolute atomic E-state index is 12.2. The van der Waals surface area contributed by atoms with Gasteiger partial charge in [-0.25, -0.2) is 0 Å². The maximum atomic E-state index is 12.2. The van der Waals surface area contributed by atoms with E-state index in [9.17, 15) is 9.59 Å². The van der Waals surface area contributed by atoms with Gasteiger partial charge in [0, 0.05) is 18.9 Å². The van der Waals surface area contributed by atoms with Crippen LogP contribution in [0.5, 0.6) is 0 Å². The lowest BCUT2D eigenvalue weighted by Gasteiger charge is -2.18. The van der Waals surface area contributed by atoms with Gasteiger partial charge in [0.05, 0.1) is 6.04 Å². The summed E-state index contributed by atoms with van der Waals surface area (Å²) in [6.45, 7) is 2.87. The van der Waals surface area contributed by atoms with Gasteiger partial charge in [0.25, 0.3) is 0 Å². The Labute approximate surface area is 129 Å². The first-order valence-electron chi connectivity index (χ1n) is 8.72. The number of carbonyl (C=O) groups is 2. The Kier molecular flexibility index (Phi) is 9.31. The Morgan fingerprint density at radius 1 is 1.14 bits per heavy atom. The van der Waals surface area contributed by atoms with Gasteiger partial charge >= 0.3 is 0 Å².